The Kier molecular flexibility index (Phi) is 3.08. The monoisotopic (exact) mass is 214 g/mol. The van der Waals surface area contributed by atoms with Crippen molar-refractivity contribution in [3.8, 4) is 0 Å². The molecule has 5 nitrogen and oxygen atoms in total. The zero-order valence-electron chi connectivity index (χ0n) is 8.45. The van der Waals surface area contributed by atoms with Gasteiger partial charge in [-0.25, -0.2) is 0 Å². The van der Waals surface area contributed by atoms with Crippen LogP contribution in [0.4, 0.5) is 5.69 Å². The molecule has 2 rings (SSSR count). The van der Waals surface area contributed by atoms with Crippen LogP contribution in [-0.4, -0.2) is 5.84 Å². The van der Waals surface area contributed by atoms with Crippen LogP contribution >= 0.6 is 0 Å². The number of para-hydroxylation sites is 1. The number of amidine groups is 1. The van der Waals surface area contributed by atoms with Gasteiger partial charge in [0.25, 0.3) is 0 Å². The lowest BCUT2D eigenvalue weighted by Crippen LogP contribution is -2.36. The van der Waals surface area contributed by atoms with Gasteiger partial charge in [-0.1, -0.05) is 29.4 Å². The van der Waals surface area contributed by atoms with Crippen molar-refractivity contribution >= 4 is 11.5 Å². The van der Waals surface area contributed by atoms with E-state index in [0.717, 1.165) is 5.69 Å². The molecule has 0 spiro atoms. The van der Waals surface area contributed by atoms with Gasteiger partial charge in [-0.2, -0.15) is 0 Å². The lowest BCUT2D eigenvalue weighted by Gasteiger charge is -2.20. The lowest BCUT2D eigenvalue weighted by molar-refractivity contribution is 0.921. The first-order valence-electron chi connectivity index (χ1n) is 4.76. The SMILES string of the molecule is O=N/N=C1/C=CC=CN(c2ccccc2)N1. The maximum atomic E-state index is 10.1. The molecule has 0 radical (unpaired) electrons. The zero-order valence-corrected chi connectivity index (χ0v) is 8.45. The van der Waals surface area contributed by atoms with Gasteiger partial charge in [0, 0.05) is 6.20 Å². The van der Waals surface area contributed by atoms with Crippen LogP contribution in [0.1, 0.15) is 0 Å². The van der Waals surface area contributed by atoms with Crippen molar-refractivity contribution in [2.45, 2.75) is 0 Å². The Balaban J connectivity index is 2.24. The minimum Gasteiger partial charge on any atom is -0.276 e. The first kappa shape index (κ1) is 10.1. The summed E-state index contributed by atoms with van der Waals surface area (Å²) in [4.78, 5) is 10.1. The second kappa shape index (κ2) is 4.88. The van der Waals surface area contributed by atoms with Crippen molar-refractivity contribution in [3.63, 3.8) is 0 Å². The van der Waals surface area contributed by atoms with Crippen LogP contribution in [0.5, 0.6) is 0 Å². The van der Waals surface area contributed by atoms with E-state index in [1.165, 1.54) is 0 Å². The number of nitrogens with zero attached hydrogens (tertiary/aromatic N) is 3. The number of hydrazine groups is 1. The minimum absolute atomic E-state index is 0.392. The molecule has 1 aliphatic rings. The lowest BCUT2D eigenvalue weighted by atomic mass is 10.3. The summed E-state index contributed by atoms with van der Waals surface area (Å²) in [5.74, 6) is 0.392. The van der Waals surface area contributed by atoms with E-state index in [0.29, 0.717) is 5.84 Å². The van der Waals surface area contributed by atoms with E-state index in [2.05, 4.69) is 15.8 Å². The molecule has 0 aliphatic carbocycles. The molecule has 1 aromatic carbocycles. The Bertz CT molecular complexity index is 450. The van der Waals surface area contributed by atoms with E-state index in [4.69, 9.17) is 0 Å². The van der Waals surface area contributed by atoms with Gasteiger partial charge < -0.3 is 0 Å². The van der Waals surface area contributed by atoms with E-state index in [1.54, 1.807) is 17.2 Å². The number of nitroso groups, excluding NO2 is 1. The average Bonchev–Trinajstić information content (AvgIpc) is 2.56. The normalized spacial score (nSPS) is 17.0. The van der Waals surface area contributed by atoms with Crippen LogP contribution < -0.4 is 10.4 Å². The summed E-state index contributed by atoms with van der Waals surface area (Å²) in [6, 6.07) is 9.67. The highest BCUT2D eigenvalue weighted by Crippen LogP contribution is 2.12. The molecule has 0 unspecified atom stereocenters. The third-order valence-corrected chi connectivity index (χ3v) is 2.02. The average molecular weight is 214 g/mol. The molecular weight excluding hydrogens is 204 g/mol. The third kappa shape index (κ3) is 2.33. The highest BCUT2D eigenvalue weighted by atomic mass is 16.3. The number of benzene rings is 1. The highest BCUT2D eigenvalue weighted by Gasteiger charge is 2.05. The molecule has 80 valence electrons. The van der Waals surface area contributed by atoms with Crippen molar-refractivity contribution in [1.29, 1.82) is 0 Å². The van der Waals surface area contributed by atoms with Crippen LogP contribution in [0.15, 0.2) is 65.1 Å². The first-order valence-corrected chi connectivity index (χ1v) is 4.76. The predicted molar refractivity (Wildman–Crippen MR) is 63.6 cm³/mol. The number of allylic oxidation sites excluding steroid dienone is 2. The molecule has 5 heteroatoms. The van der Waals surface area contributed by atoms with Crippen molar-refractivity contribution in [3.05, 3.63) is 59.7 Å². The second-order valence-corrected chi connectivity index (χ2v) is 3.08. The summed E-state index contributed by atoms with van der Waals surface area (Å²) in [5.41, 5.74) is 3.89. The largest absolute Gasteiger partial charge is 0.276 e. The smallest absolute Gasteiger partial charge is 0.170 e. The molecule has 0 aromatic heterocycles. The van der Waals surface area contributed by atoms with Gasteiger partial charge in [-0.3, -0.25) is 10.4 Å². The maximum Gasteiger partial charge on any atom is 0.170 e. The van der Waals surface area contributed by atoms with Gasteiger partial charge in [-0.05, 0) is 24.3 Å². The summed E-state index contributed by atoms with van der Waals surface area (Å²) in [6.07, 6.45) is 7.12. The summed E-state index contributed by atoms with van der Waals surface area (Å²) < 4.78 is 0. The molecule has 0 fully saturated rings. The second-order valence-electron chi connectivity index (χ2n) is 3.08. The summed E-state index contributed by atoms with van der Waals surface area (Å²) in [5, 5.41) is 7.68. The maximum absolute atomic E-state index is 10.1. The van der Waals surface area contributed by atoms with Crippen molar-refractivity contribution in [2.24, 2.45) is 10.4 Å². The molecule has 1 N–H and O–H groups in total. The van der Waals surface area contributed by atoms with Gasteiger partial charge in [0.05, 0.1) is 11.0 Å². The predicted octanol–water partition coefficient (Wildman–Crippen LogP) is 2.16. The topological polar surface area (TPSA) is 57.1 Å². The fraction of sp³-hybridized carbons (Fsp3) is 0. The fourth-order valence-corrected chi connectivity index (χ4v) is 1.32. The minimum atomic E-state index is 0.392. The Morgan fingerprint density at radius 3 is 2.69 bits per heavy atom. The summed E-state index contributed by atoms with van der Waals surface area (Å²) in [6.45, 7) is 0. The summed E-state index contributed by atoms with van der Waals surface area (Å²) in [7, 11) is 0. The molecule has 1 aromatic rings. The van der Waals surface area contributed by atoms with E-state index >= 15 is 0 Å². The fourth-order valence-electron chi connectivity index (χ4n) is 1.32. The molecular formula is C11H10N4O. The molecule has 0 saturated carbocycles. The Hall–Kier alpha value is -2.43. The van der Waals surface area contributed by atoms with Crippen LogP contribution in [0.3, 0.4) is 0 Å². The van der Waals surface area contributed by atoms with Crippen molar-refractivity contribution in [2.75, 3.05) is 5.01 Å². The molecule has 0 atom stereocenters. The Morgan fingerprint density at radius 1 is 1.12 bits per heavy atom. The number of anilines is 1. The molecule has 1 aliphatic heterocycles. The van der Waals surface area contributed by atoms with E-state index in [9.17, 15) is 4.91 Å². The number of rotatable bonds is 2. The molecule has 0 saturated heterocycles. The zero-order chi connectivity index (χ0) is 11.2. The van der Waals surface area contributed by atoms with E-state index in [-0.39, 0.29) is 0 Å². The molecule has 16 heavy (non-hydrogen) atoms. The molecule has 0 amide bonds. The van der Waals surface area contributed by atoms with Crippen molar-refractivity contribution < 1.29 is 0 Å². The van der Waals surface area contributed by atoms with E-state index < -0.39 is 0 Å². The van der Waals surface area contributed by atoms with Gasteiger partial charge in [-0.15, -0.1) is 4.91 Å². The van der Waals surface area contributed by atoms with Gasteiger partial charge in [0.1, 0.15) is 0 Å². The van der Waals surface area contributed by atoms with Crippen LogP contribution in [-0.2, 0) is 0 Å². The Labute approximate surface area is 92.7 Å². The quantitative estimate of drug-likeness (QED) is 0.606. The first-order chi connectivity index (χ1) is 7.90. The van der Waals surface area contributed by atoms with Gasteiger partial charge in [0.2, 0.25) is 0 Å². The van der Waals surface area contributed by atoms with Gasteiger partial charge >= 0.3 is 0 Å². The van der Waals surface area contributed by atoms with Crippen LogP contribution in [0.25, 0.3) is 0 Å². The molecule has 0 bridgehead atoms. The highest BCUT2D eigenvalue weighted by molar-refractivity contribution is 5.94. The molecule has 1 heterocycles. The Morgan fingerprint density at radius 2 is 1.94 bits per heavy atom. The van der Waals surface area contributed by atoms with Gasteiger partial charge in [0.15, 0.2) is 5.84 Å². The standard InChI is InChI=1S/C11H10N4O/c16-14-12-11-8-4-5-9-15(13-11)10-6-2-1-3-7-10/h1-9H,(H,12,13,16). The number of hydrogen-bond acceptors (Lipinski definition) is 3. The van der Waals surface area contributed by atoms with Crippen LogP contribution in [0, 0.1) is 4.91 Å². The van der Waals surface area contributed by atoms with Crippen molar-refractivity contribution in [1.82, 2.24) is 5.43 Å². The van der Waals surface area contributed by atoms with E-state index in [1.807, 2.05) is 42.6 Å². The summed E-state index contributed by atoms with van der Waals surface area (Å²) >= 11 is 0. The number of hydrogen-bond donors (Lipinski definition) is 1. The van der Waals surface area contributed by atoms with Crippen LogP contribution in [0.2, 0.25) is 0 Å². The third-order valence-electron chi connectivity index (χ3n) is 2.02. The number of nitrogens with one attached hydrogen (secondary N) is 1.